The minimum absolute atomic E-state index is 0.0362. The molecule has 0 bridgehead atoms. The Labute approximate surface area is 146 Å². The van der Waals surface area contributed by atoms with Crippen molar-refractivity contribution in [2.24, 2.45) is 0 Å². The summed E-state index contributed by atoms with van der Waals surface area (Å²) in [7, 11) is -4.76. The van der Waals surface area contributed by atoms with Crippen molar-refractivity contribution >= 4 is 21.8 Å². The zero-order chi connectivity index (χ0) is 17.7. The van der Waals surface area contributed by atoms with Gasteiger partial charge >= 0.3 is 10.2 Å². The Hall–Kier alpha value is -2.21. The van der Waals surface area contributed by atoms with E-state index in [1.165, 1.54) is 30.5 Å². The fourth-order valence-electron chi connectivity index (χ4n) is 4.21. The maximum absolute atomic E-state index is 13.0. The summed E-state index contributed by atoms with van der Waals surface area (Å²) in [5.41, 5.74) is 2.55. The van der Waals surface area contributed by atoms with Crippen molar-refractivity contribution in [2.75, 3.05) is 11.4 Å². The number of para-hydroxylation sites is 1. The summed E-state index contributed by atoms with van der Waals surface area (Å²) in [5.74, 6) is -0.181. The number of hydrogen-bond acceptors (Lipinski definition) is 3. The van der Waals surface area contributed by atoms with Crippen LogP contribution in [-0.2, 0) is 15.6 Å². The third-order valence-electron chi connectivity index (χ3n) is 5.42. The van der Waals surface area contributed by atoms with Gasteiger partial charge in [-0.05, 0) is 48.7 Å². The van der Waals surface area contributed by atoms with Gasteiger partial charge < -0.3 is 4.90 Å². The molecule has 25 heavy (non-hydrogen) atoms. The molecule has 1 aliphatic heterocycles. The smallest absolute Gasteiger partial charge is 0.307 e. The van der Waals surface area contributed by atoms with E-state index in [1.807, 2.05) is 18.2 Å². The van der Waals surface area contributed by atoms with E-state index < -0.39 is 15.1 Å². The van der Waals surface area contributed by atoms with Crippen molar-refractivity contribution in [3.63, 3.8) is 0 Å². The Morgan fingerprint density at radius 1 is 1.00 bits per heavy atom. The van der Waals surface area contributed by atoms with Crippen LogP contribution in [0, 0.1) is 0 Å². The molecule has 2 aromatic carbocycles. The van der Waals surface area contributed by atoms with Gasteiger partial charge in [0.25, 0.3) is 5.91 Å². The SMILES string of the molecule is O=C(c1ccc(S(=O)(=O)F)cc1)N1CC2(CCCC2)c2ccccc21. The zero-order valence-corrected chi connectivity index (χ0v) is 14.4. The number of benzene rings is 2. The van der Waals surface area contributed by atoms with E-state index in [1.54, 1.807) is 4.90 Å². The first-order valence-corrected chi connectivity index (χ1v) is 9.75. The fourth-order valence-corrected chi connectivity index (χ4v) is 4.67. The lowest BCUT2D eigenvalue weighted by Gasteiger charge is -2.24. The molecular weight excluding hydrogens is 341 g/mol. The molecule has 0 atom stereocenters. The monoisotopic (exact) mass is 359 g/mol. The van der Waals surface area contributed by atoms with Gasteiger partial charge in [-0.1, -0.05) is 31.0 Å². The van der Waals surface area contributed by atoms with Gasteiger partial charge in [-0.2, -0.15) is 8.42 Å². The van der Waals surface area contributed by atoms with Gasteiger partial charge in [-0.15, -0.1) is 3.89 Å². The fraction of sp³-hybridized carbons (Fsp3) is 0.316. The molecule has 2 aliphatic rings. The summed E-state index contributed by atoms with van der Waals surface area (Å²) in [6, 6.07) is 13.0. The summed E-state index contributed by atoms with van der Waals surface area (Å²) in [4.78, 5) is 14.3. The highest BCUT2D eigenvalue weighted by molar-refractivity contribution is 7.86. The van der Waals surface area contributed by atoms with Crippen molar-refractivity contribution in [3.8, 4) is 0 Å². The molecule has 0 saturated heterocycles. The third-order valence-corrected chi connectivity index (χ3v) is 6.25. The standard InChI is InChI=1S/C19H18FNO3S/c20-25(23,24)15-9-7-14(8-10-15)18(22)21-13-19(11-3-4-12-19)16-5-1-2-6-17(16)21/h1-2,5-10H,3-4,11-13H2. The van der Waals surface area contributed by atoms with E-state index in [2.05, 4.69) is 6.07 Å². The molecule has 1 amide bonds. The Morgan fingerprint density at radius 2 is 1.64 bits per heavy atom. The van der Waals surface area contributed by atoms with E-state index in [4.69, 9.17) is 0 Å². The second-order valence-electron chi connectivity index (χ2n) is 6.86. The molecule has 6 heteroatoms. The zero-order valence-electron chi connectivity index (χ0n) is 13.6. The molecule has 1 spiro atoms. The predicted octanol–water partition coefficient (Wildman–Crippen LogP) is 3.82. The highest BCUT2D eigenvalue weighted by Crippen LogP contribution is 2.50. The van der Waals surface area contributed by atoms with Crippen LogP contribution >= 0.6 is 0 Å². The highest BCUT2D eigenvalue weighted by atomic mass is 32.3. The van der Waals surface area contributed by atoms with Crippen LogP contribution < -0.4 is 4.90 Å². The molecule has 1 heterocycles. The van der Waals surface area contributed by atoms with Crippen molar-refractivity contribution in [1.82, 2.24) is 0 Å². The molecule has 4 nitrogen and oxygen atoms in total. The predicted molar refractivity (Wildman–Crippen MR) is 93.0 cm³/mol. The second-order valence-corrected chi connectivity index (χ2v) is 8.21. The van der Waals surface area contributed by atoms with E-state index in [0.29, 0.717) is 12.1 Å². The van der Waals surface area contributed by atoms with Crippen LogP contribution in [0.3, 0.4) is 0 Å². The molecule has 0 aromatic heterocycles. The molecule has 130 valence electrons. The lowest BCUT2D eigenvalue weighted by Crippen LogP contribution is -2.35. The summed E-state index contributed by atoms with van der Waals surface area (Å²) in [6.07, 6.45) is 4.48. The third kappa shape index (κ3) is 2.65. The second kappa shape index (κ2) is 5.66. The summed E-state index contributed by atoms with van der Waals surface area (Å²) >= 11 is 0. The van der Waals surface area contributed by atoms with Crippen LogP contribution in [0.4, 0.5) is 9.57 Å². The maximum Gasteiger partial charge on any atom is 0.332 e. The van der Waals surface area contributed by atoms with Gasteiger partial charge in [0.15, 0.2) is 0 Å². The van der Waals surface area contributed by atoms with Gasteiger partial charge in [0.1, 0.15) is 0 Å². The molecule has 1 aliphatic carbocycles. The molecular formula is C19H18FNO3S. The molecule has 1 saturated carbocycles. The van der Waals surface area contributed by atoms with E-state index in [9.17, 15) is 17.1 Å². The number of anilines is 1. The highest BCUT2D eigenvalue weighted by Gasteiger charge is 2.46. The number of hydrogen-bond donors (Lipinski definition) is 0. The van der Waals surface area contributed by atoms with Crippen LogP contribution in [0.2, 0.25) is 0 Å². The Kier molecular flexibility index (Phi) is 3.68. The van der Waals surface area contributed by atoms with E-state index >= 15 is 0 Å². The maximum atomic E-state index is 13.0. The topological polar surface area (TPSA) is 54.5 Å². The molecule has 0 radical (unpaired) electrons. The first kappa shape index (κ1) is 16.3. The number of halogens is 1. The summed E-state index contributed by atoms with van der Waals surface area (Å²) < 4.78 is 34.9. The first-order chi connectivity index (χ1) is 11.9. The molecule has 4 rings (SSSR count). The van der Waals surface area contributed by atoms with E-state index in [0.717, 1.165) is 30.7 Å². The molecule has 0 unspecified atom stereocenters. The summed E-state index contributed by atoms with van der Waals surface area (Å²) in [5, 5.41) is 0. The minimum Gasteiger partial charge on any atom is -0.307 e. The average molecular weight is 359 g/mol. The van der Waals surface area contributed by atoms with Crippen LogP contribution in [0.5, 0.6) is 0 Å². The van der Waals surface area contributed by atoms with Crippen molar-refractivity contribution in [3.05, 3.63) is 59.7 Å². The lowest BCUT2D eigenvalue weighted by molar-refractivity contribution is 0.0985. The van der Waals surface area contributed by atoms with Gasteiger partial charge in [0.05, 0.1) is 4.90 Å². The van der Waals surface area contributed by atoms with Crippen molar-refractivity contribution < 1.29 is 17.1 Å². The van der Waals surface area contributed by atoms with Crippen LogP contribution in [0.25, 0.3) is 0 Å². The number of nitrogens with zero attached hydrogens (tertiary/aromatic N) is 1. The van der Waals surface area contributed by atoms with Gasteiger partial charge in [-0.25, -0.2) is 0 Å². The largest absolute Gasteiger partial charge is 0.332 e. The molecule has 2 aromatic rings. The Balaban J connectivity index is 1.69. The number of carbonyl (C=O) groups is 1. The van der Waals surface area contributed by atoms with Gasteiger partial charge in [-0.3, -0.25) is 4.79 Å². The van der Waals surface area contributed by atoms with Crippen LogP contribution in [0.15, 0.2) is 53.4 Å². The van der Waals surface area contributed by atoms with Crippen molar-refractivity contribution in [2.45, 2.75) is 36.0 Å². The molecule has 0 N–H and O–H groups in total. The minimum atomic E-state index is -4.76. The number of fused-ring (bicyclic) bond motifs is 2. The number of rotatable bonds is 2. The quantitative estimate of drug-likeness (QED) is 0.766. The van der Waals surface area contributed by atoms with Gasteiger partial charge in [0, 0.05) is 23.2 Å². The first-order valence-electron chi connectivity index (χ1n) is 8.37. The van der Waals surface area contributed by atoms with Crippen molar-refractivity contribution in [1.29, 1.82) is 0 Å². The van der Waals surface area contributed by atoms with Crippen LogP contribution in [-0.4, -0.2) is 20.9 Å². The normalized spacial score (nSPS) is 18.5. The number of carbonyl (C=O) groups excluding carboxylic acids is 1. The number of amides is 1. The average Bonchev–Trinajstić information content (AvgIpc) is 3.20. The summed E-state index contributed by atoms with van der Waals surface area (Å²) in [6.45, 7) is 0.647. The van der Waals surface area contributed by atoms with Crippen LogP contribution in [0.1, 0.15) is 41.6 Å². The Morgan fingerprint density at radius 3 is 2.28 bits per heavy atom. The van der Waals surface area contributed by atoms with Gasteiger partial charge in [0.2, 0.25) is 0 Å². The Bertz CT molecular complexity index is 931. The lowest BCUT2D eigenvalue weighted by atomic mass is 9.81. The molecule has 1 fully saturated rings. The van der Waals surface area contributed by atoms with E-state index in [-0.39, 0.29) is 11.3 Å².